The van der Waals surface area contributed by atoms with Crippen LogP contribution < -0.4 is 10.2 Å². The van der Waals surface area contributed by atoms with Crippen molar-refractivity contribution in [1.82, 2.24) is 14.9 Å². The number of carbonyl (C=O) groups excluding carboxylic acids is 1. The lowest BCUT2D eigenvalue weighted by molar-refractivity contribution is -0.126. The number of aromatic nitrogens is 2. The summed E-state index contributed by atoms with van der Waals surface area (Å²) in [5, 5.41) is 3.03. The van der Waals surface area contributed by atoms with E-state index in [4.69, 9.17) is 4.98 Å². The van der Waals surface area contributed by atoms with E-state index in [-0.39, 0.29) is 17.9 Å². The summed E-state index contributed by atoms with van der Waals surface area (Å²) in [4.78, 5) is 19.3. The molecule has 128 valence electrons. The summed E-state index contributed by atoms with van der Waals surface area (Å²) < 4.78 is 2.21. The first-order valence-electron chi connectivity index (χ1n) is 8.71. The second kappa shape index (κ2) is 7.07. The van der Waals surface area contributed by atoms with Gasteiger partial charge in [0, 0.05) is 31.6 Å². The zero-order valence-electron chi connectivity index (χ0n) is 14.5. The fraction of sp³-hybridized carbons (Fsp3) is 0.474. The SMILES string of the molecule is C=CCn1c(N2CCC(C(=O)NC(C)C)CC2)nc2ccccc21. The molecule has 2 aromatic rings. The van der Waals surface area contributed by atoms with Crippen LogP contribution >= 0.6 is 0 Å². The molecule has 0 atom stereocenters. The second-order valence-electron chi connectivity index (χ2n) is 6.72. The molecule has 5 nitrogen and oxygen atoms in total. The molecular formula is C19H26N4O. The minimum absolute atomic E-state index is 0.112. The van der Waals surface area contributed by atoms with E-state index in [0.717, 1.165) is 49.5 Å². The number of benzene rings is 1. The molecule has 1 aliphatic heterocycles. The minimum atomic E-state index is 0.112. The van der Waals surface area contributed by atoms with Crippen LogP contribution in [-0.4, -0.2) is 34.6 Å². The standard InChI is InChI=1S/C19H26N4O/c1-4-11-23-17-8-6-5-7-16(17)21-19(23)22-12-9-15(10-13-22)18(24)20-14(2)3/h4-8,14-15H,1,9-13H2,2-3H3,(H,20,24). The fourth-order valence-corrected chi connectivity index (χ4v) is 3.36. The van der Waals surface area contributed by atoms with Gasteiger partial charge in [-0.15, -0.1) is 6.58 Å². The Hall–Kier alpha value is -2.30. The normalized spacial score (nSPS) is 15.9. The summed E-state index contributed by atoms with van der Waals surface area (Å²) in [7, 11) is 0. The zero-order chi connectivity index (χ0) is 17.1. The lowest BCUT2D eigenvalue weighted by Crippen LogP contribution is -2.43. The van der Waals surface area contributed by atoms with Gasteiger partial charge < -0.3 is 14.8 Å². The molecule has 1 saturated heterocycles. The number of rotatable bonds is 5. The maximum absolute atomic E-state index is 12.2. The van der Waals surface area contributed by atoms with Crippen molar-refractivity contribution < 1.29 is 4.79 Å². The molecule has 1 aromatic carbocycles. The number of amides is 1. The highest BCUT2D eigenvalue weighted by Crippen LogP contribution is 2.27. The van der Waals surface area contributed by atoms with Crippen LogP contribution in [-0.2, 0) is 11.3 Å². The number of allylic oxidation sites excluding steroid dienone is 1. The van der Waals surface area contributed by atoms with E-state index < -0.39 is 0 Å². The zero-order valence-corrected chi connectivity index (χ0v) is 14.5. The van der Waals surface area contributed by atoms with Crippen LogP contribution in [0.15, 0.2) is 36.9 Å². The molecule has 0 spiro atoms. The third-order valence-corrected chi connectivity index (χ3v) is 4.53. The summed E-state index contributed by atoms with van der Waals surface area (Å²) >= 11 is 0. The number of piperidine rings is 1. The number of hydrogen-bond acceptors (Lipinski definition) is 3. The Labute approximate surface area is 143 Å². The summed E-state index contributed by atoms with van der Waals surface area (Å²) in [6.45, 7) is 10.3. The quantitative estimate of drug-likeness (QED) is 0.860. The average molecular weight is 326 g/mol. The Kier molecular flexibility index (Phi) is 4.88. The van der Waals surface area contributed by atoms with Crippen molar-refractivity contribution in [2.45, 2.75) is 39.3 Å². The number of nitrogens with zero attached hydrogens (tertiary/aromatic N) is 3. The molecule has 1 aromatic heterocycles. The van der Waals surface area contributed by atoms with Gasteiger partial charge in [-0.3, -0.25) is 4.79 Å². The number of fused-ring (bicyclic) bond motifs is 1. The molecule has 5 heteroatoms. The second-order valence-corrected chi connectivity index (χ2v) is 6.72. The Morgan fingerprint density at radius 3 is 2.75 bits per heavy atom. The Balaban J connectivity index is 1.77. The Morgan fingerprint density at radius 2 is 2.08 bits per heavy atom. The molecule has 0 unspecified atom stereocenters. The molecule has 0 radical (unpaired) electrons. The highest BCUT2D eigenvalue weighted by atomic mass is 16.1. The molecule has 1 aliphatic rings. The lowest BCUT2D eigenvalue weighted by atomic mass is 9.96. The van der Waals surface area contributed by atoms with Crippen LogP contribution in [0.5, 0.6) is 0 Å². The third-order valence-electron chi connectivity index (χ3n) is 4.53. The predicted octanol–water partition coefficient (Wildman–Crippen LogP) is 2.96. The maximum Gasteiger partial charge on any atom is 0.223 e. The van der Waals surface area contributed by atoms with Crippen molar-refractivity contribution in [3.8, 4) is 0 Å². The van der Waals surface area contributed by atoms with Gasteiger partial charge in [-0.2, -0.15) is 0 Å². The van der Waals surface area contributed by atoms with Gasteiger partial charge in [0.05, 0.1) is 11.0 Å². The number of nitrogens with one attached hydrogen (secondary N) is 1. The maximum atomic E-state index is 12.2. The van der Waals surface area contributed by atoms with Crippen molar-refractivity contribution in [2.75, 3.05) is 18.0 Å². The van der Waals surface area contributed by atoms with Crippen LogP contribution in [0.1, 0.15) is 26.7 Å². The first-order valence-corrected chi connectivity index (χ1v) is 8.71. The van der Waals surface area contributed by atoms with Crippen LogP contribution in [0.4, 0.5) is 5.95 Å². The molecule has 1 amide bonds. The van der Waals surface area contributed by atoms with Gasteiger partial charge >= 0.3 is 0 Å². The molecule has 1 N–H and O–H groups in total. The van der Waals surface area contributed by atoms with Gasteiger partial charge in [0.1, 0.15) is 0 Å². The van der Waals surface area contributed by atoms with Gasteiger partial charge in [-0.05, 0) is 38.8 Å². The highest BCUT2D eigenvalue weighted by molar-refractivity contribution is 5.80. The summed E-state index contributed by atoms with van der Waals surface area (Å²) in [5.41, 5.74) is 2.14. The van der Waals surface area contributed by atoms with E-state index in [9.17, 15) is 4.79 Å². The van der Waals surface area contributed by atoms with Gasteiger partial charge in [0.2, 0.25) is 11.9 Å². The molecule has 0 aliphatic carbocycles. The monoisotopic (exact) mass is 326 g/mol. The van der Waals surface area contributed by atoms with Crippen LogP contribution in [0.25, 0.3) is 11.0 Å². The van der Waals surface area contributed by atoms with Gasteiger partial charge in [0.15, 0.2) is 0 Å². The van der Waals surface area contributed by atoms with Crippen LogP contribution in [0.2, 0.25) is 0 Å². The molecule has 1 fully saturated rings. The molecule has 3 rings (SSSR count). The van der Waals surface area contributed by atoms with Crippen LogP contribution in [0.3, 0.4) is 0 Å². The number of carbonyl (C=O) groups is 1. The Bertz CT molecular complexity index is 726. The topological polar surface area (TPSA) is 50.2 Å². The molecule has 0 saturated carbocycles. The Morgan fingerprint density at radius 1 is 1.38 bits per heavy atom. The summed E-state index contributed by atoms with van der Waals surface area (Å²) in [6, 6.07) is 8.39. The molecular weight excluding hydrogens is 300 g/mol. The molecule has 0 bridgehead atoms. The number of anilines is 1. The first-order chi connectivity index (χ1) is 11.6. The van der Waals surface area contributed by atoms with Crippen molar-refractivity contribution in [3.05, 3.63) is 36.9 Å². The van der Waals surface area contributed by atoms with E-state index in [1.165, 1.54) is 0 Å². The van der Waals surface area contributed by atoms with Gasteiger partial charge in [-0.1, -0.05) is 18.2 Å². The van der Waals surface area contributed by atoms with Crippen LogP contribution in [0, 0.1) is 5.92 Å². The van der Waals surface area contributed by atoms with E-state index in [1.54, 1.807) is 0 Å². The lowest BCUT2D eigenvalue weighted by Gasteiger charge is -2.32. The highest BCUT2D eigenvalue weighted by Gasteiger charge is 2.27. The molecule has 24 heavy (non-hydrogen) atoms. The van der Waals surface area contributed by atoms with E-state index in [1.807, 2.05) is 38.1 Å². The largest absolute Gasteiger partial charge is 0.354 e. The first kappa shape index (κ1) is 16.6. The number of hydrogen-bond donors (Lipinski definition) is 1. The number of imidazole rings is 1. The summed E-state index contributed by atoms with van der Waals surface area (Å²) in [5.74, 6) is 1.28. The van der Waals surface area contributed by atoms with Crippen molar-refractivity contribution in [3.63, 3.8) is 0 Å². The van der Waals surface area contributed by atoms with E-state index in [2.05, 4.69) is 27.4 Å². The fourth-order valence-electron chi connectivity index (χ4n) is 3.36. The van der Waals surface area contributed by atoms with E-state index >= 15 is 0 Å². The number of para-hydroxylation sites is 2. The summed E-state index contributed by atoms with van der Waals surface area (Å²) in [6.07, 6.45) is 3.64. The smallest absolute Gasteiger partial charge is 0.223 e. The van der Waals surface area contributed by atoms with Gasteiger partial charge in [0.25, 0.3) is 0 Å². The van der Waals surface area contributed by atoms with Crippen molar-refractivity contribution in [2.24, 2.45) is 5.92 Å². The molecule has 2 heterocycles. The predicted molar refractivity (Wildman–Crippen MR) is 98.1 cm³/mol. The average Bonchev–Trinajstić information content (AvgIpc) is 2.94. The minimum Gasteiger partial charge on any atom is -0.354 e. The van der Waals surface area contributed by atoms with E-state index in [0.29, 0.717) is 0 Å². The third kappa shape index (κ3) is 3.30. The van der Waals surface area contributed by atoms with Crippen molar-refractivity contribution in [1.29, 1.82) is 0 Å². The van der Waals surface area contributed by atoms with Crippen molar-refractivity contribution >= 4 is 22.9 Å². The van der Waals surface area contributed by atoms with Gasteiger partial charge in [-0.25, -0.2) is 4.98 Å².